The number of aryl methyl sites for hydroxylation is 1. The maximum absolute atomic E-state index is 12.0. The second kappa shape index (κ2) is 5.66. The monoisotopic (exact) mass is 337 g/mol. The number of nitrogens with zero attached hydrogens (tertiary/aromatic N) is 2. The van der Waals surface area contributed by atoms with Gasteiger partial charge in [-0.05, 0) is 24.6 Å². The third-order valence-electron chi connectivity index (χ3n) is 3.45. The van der Waals surface area contributed by atoms with Gasteiger partial charge in [-0.25, -0.2) is 4.98 Å². The zero-order valence-electron chi connectivity index (χ0n) is 11.7. The number of likely N-dealkylation sites (tertiary alicyclic amines) is 1. The first kappa shape index (κ1) is 14.9. The van der Waals surface area contributed by atoms with Crippen molar-refractivity contribution in [3.05, 3.63) is 22.7 Å². The van der Waals surface area contributed by atoms with Crippen LogP contribution in [0.15, 0.2) is 12.1 Å². The van der Waals surface area contributed by atoms with E-state index in [1.807, 2.05) is 13.0 Å². The zero-order valence-corrected chi connectivity index (χ0v) is 13.3. The maximum atomic E-state index is 12.0. The van der Waals surface area contributed by atoms with Crippen LogP contribution < -0.4 is 5.32 Å². The fourth-order valence-corrected chi connectivity index (χ4v) is 3.35. The number of rotatable bonds is 3. The second-order valence-electron chi connectivity index (χ2n) is 4.96. The van der Waals surface area contributed by atoms with Crippen LogP contribution in [0.3, 0.4) is 0 Å². The molecule has 1 N–H and O–H groups in total. The number of hydrogen-bond donors (Lipinski definition) is 1. The molecule has 3 rings (SSSR count). The molecule has 1 aliphatic rings. The molecule has 0 radical (unpaired) electrons. The number of hydrogen-bond acceptors (Lipinski definition) is 5. The molecule has 2 aromatic rings. The molecule has 22 heavy (non-hydrogen) atoms. The minimum atomic E-state index is -0.439. The van der Waals surface area contributed by atoms with Crippen LogP contribution in [0.4, 0.5) is 5.13 Å². The molecular weight excluding hydrogens is 326 g/mol. The number of amides is 3. The van der Waals surface area contributed by atoms with E-state index in [0.717, 1.165) is 20.7 Å². The van der Waals surface area contributed by atoms with Crippen LogP contribution in [-0.2, 0) is 14.4 Å². The fourth-order valence-electron chi connectivity index (χ4n) is 2.26. The number of anilines is 1. The first-order chi connectivity index (χ1) is 10.5. The van der Waals surface area contributed by atoms with Crippen LogP contribution in [0.2, 0.25) is 5.02 Å². The van der Waals surface area contributed by atoms with E-state index in [9.17, 15) is 14.4 Å². The molecule has 0 atom stereocenters. The van der Waals surface area contributed by atoms with Crippen molar-refractivity contribution in [2.45, 2.75) is 19.8 Å². The van der Waals surface area contributed by atoms with Crippen LogP contribution in [0.1, 0.15) is 18.4 Å². The Morgan fingerprint density at radius 2 is 2.05 bits per heavy atom. The van der Waals surface area contributed by atoms with Crippen molar-refractivity contribution in [3.8, 4) is 0 Å². The van der Waals surface area contributed by atoms with Gasteiger partial charge < -0.3 is 5.32 Å². The third kappa shape index (κ3) is 2.69. The Balaban J connectivity index is 1.75. The Morgan fingerprint density at radius 1 is 1.36 bits per heavy atom. The van der Waals surface area contributed by atoms with Crippen molar-refractivity contribution in [2.75, 3.05) is 11.9 Å². The Hall–Kier alpha value is -1.99. The number of carbonyl (C=O) groups is 3. The summed E-state index contributed by atoms with van der Waals surface area (Å²) in [5, 5.41) is 3.66. The lowest BCUT2D eigenvalue weighted by atomic mass is 10.2. The van der Waals surface area contributed by atoms with Gasteiger partial charge in [0.25, 0.3) is 0 Å². The molecular formula is C14H12ClN3O3S. The van der Waals surface area contributed by atoms with Crippen molar-refractivity contribution in [1.29, 1.82) is 0 Å². The van der Waals surface area contributed by atoms with Crippen molar-refractivity contribution in [3.63, 3.8) is 0 Å². The summed E-state index contributed by atoms with van der Waals surface area (Å²) in [6.45, 7) is 1.59. The summed E-state index contributed by atoms with van der Waals surface area (Å²) < 4.78 is 0.908. The predicted molar refractivity (Wildman–Crippen MR) is 84.0 cm³/mol. The molecule has 1 aliphatic heterocycles. The summed E-state index contributed by atoms with van der Waals surface area (Å²) in [4.78, 5) is 40.3. The molecule has 0 unspecified atom stereocenters. The molecule has 3 amide bonds. The quantitative estimate of drug-likeness (QED) is 0.872. The molecule has 1 fully saturated rings. The second-order valence-corrected chi connectivity index (χ2v) is 6.40. The SMILES string of the molecule is Cc1c(Cl)ccc2sc(NC(=O)CN3C(=O)CCC3=O)nc12. The third-order valence-corrected chi connectivity index (χ3v) is 4.80. The summed E-state index contributed by atoms with van der Waals surface area (Å²) in [6, 6.07) is 3.62. The normalized spacial score (nSPS) is 14.9. The van der Waals surface area contributed by atoms with E-state index in [4.69, 9.17) is 11.6 Å². The van der Waals surface area contributed by atoms with Gasteiger partial charge in [-0.1, -0.05) is 22.9 Å². The zero-order chi connectivity index (χ0) is 15.9. The summed E-state index contributed by atoms with van der Waals surface area (Å²) in [5.74, 6) is -1.06. The smallest absolute Gasteiger partial charge is 0.246 e. The average molecular weight is 338 g/mol. The maximum Gasteiger partial charge on any atom is 0.246 e. The lowest BCUT2D eigenvalue weighted by molar-refractivity contribution is -0.141. The minimum absolute atomic E-state index is 0.172. The van der Waals surface area contributed by atoms with E-state index in [2.05, 4.69) is 10.3 Å². The largest absolute Gasteiger partial charge is 0.300 e. The molecule has 114 valence electrons. The van der Waals surface area contributed by atoms with Crippen LogP contribution in [0, 0.1) is 6.92 Å². The lowest BCUT2D eigenvalue weighted by Gasteiger charge is -2.12. The van der Waals surface area contributed by atoms with Crippen molar-refractivity contribution < 1.29 is 14.4 Å². The predicted octanol–water partition coefficient (Wildman–Crippen LogP) is 2.35. The summed E-state index contributed by atoms with van der Waals surface area (Å²) in [6.07, 6.45) is 0.343. The number of imide groups is 1. The average Bonchev–Trinajstić information content (AvgIpc) is 3.01. The number of halogens is 1. The number of fused-ring (bicyclic) bond motifs is 1. The molecule has 2 heterocycles. The highest BCUT2D eigenvalue weighted by Gasteiger charge is 2.30. The van der Waals surface area contributed by atoms with Gasteiger partial charge in [0.1, 0.15) is 6.54 Å². The number of carbonyl (C=O) groups excluding carboxylic acids is 3. The van der Waals surface area contributed by atoms with Gasteiger partial charge in [-0.2, -0.15) is 0 Å². The molecule has 1 saturated heterocycles. The number of nitrogens with one attached hydrogen (secondary N) is 1. The molecule has 8 heteroatoms. The fraction of sp³-hybridized carbons (Fsp3) is 0.286. The Bertz CT molecular complexity index is 786. The molecule has 0 spiro atoms. The van der Waals surface area contributed by atoms with Crippen LogP contribution >= 0.6 is 22.9 Å². The number of thiazole rings is 1. The van der Waals surface area contributed by atoms with Crippen molar-refractivity contribution >= 4 is 56.0 Å². The van der Waals surface area contributed by atoms with Gasteiger partial charge >= 0.3 is 0 Å². The first-order valence-corrected chi connectivity index (χ1v) is 7.84. The van der Waals surface area contributed by atoms with E-state index in [1.54, 1.807) is 6.07 Å². The minimum Gasteiger partial charge on any atom is -0.300 e. The Kier molecular flexibility index (Phi) is 3.84. The Labute approximate surface area is 135 Å². The highest BCUT2D eigenvalue weighted by atomic mass is 35.5. The van der Waals surface area contributed by atoms with Gasteiger partial charge in [0.15, 0.2) is 5.13 Å². The number of benzene rings is 1. The van der Waals surface area contributed by atoms with Gasteiger partial charge in [0, 0.05) is 17.9 Å². The van der Waals surface area contributed by atoms with Crippen molar-refractivity contribution in [2.24, 2.45) is 0 Å². The standard InChI is InChI=1S/C14H12ClN3O3S/c1-7-8(15)2-3-9-13(7)17-14(22-9)16-10(19)6-18-11(20)4-5-12(18)21/h2-3H,4-6H2,1H3,(H,16,17,19). The molecule has 0 aliphatic carbocycles. The Morgan fingerprint density at radius 3 is 2.73 bits per heavy atom. The molecule has 1 aromatic carbocycles. The molecule has 1 aromatic heterocycles. The van der Waals surface area contributed by atoms with Crippen LogP contribution in [0.25, 0.3) is 10.2 Å². The van der Waals surface area contributed by atoms with Crippen LogP contribution in [-0.4, -0.2) is 34.2 Å². The van der Waals surface area contributed by atoms with E-state index in [-0.39, 0.29) is 31.2 Å². The number of aromatic nitrogens is 1. The van der Waals surface area contributed by atoms with E-state index >= 15 is 0 Å². The highest BCUT2D eigenvalue weighted by Crippen LogP contribution is 2.31. The van der Waals surface area contributed by atoms with E-state index < -0.39 is 5.91 Å². The lowest BCUT2D eigenvalue weighted by Crippen LogP contribution is -2.36. The molecule has 0 saturated carbocycles. The van der Waals surface area contributed by atoms with E-state index in [0.29, 0.717) is 10.2 Å². The highest BCUT2D eigenvalue weighted by molar-refractivity contribution is 7.22. The van der Waals surface area contributed by atoms with Gasteiger partial charge in [0.05, 0.1) is 10.2 Å². The summed E-state index contributed by atoms with van der Waals surface area (Å²) >= 11 is 7.36. The van der Waals surface area contributed by atoms with Crippen molar-refractivity contribution in [1.82, 2.24) is 9.88 Å². The van der Waals surface area contributed by atoms with Gasteiger partial charge in [-0.15, -0.1) is 0 Å². The van der Waals surface area contributed by atoms with Crippen LogP contribution in [0.5, 0.6) is 0 Å². The van der Waals surface area contributed by atoms with E-state index in [1.165, 1.54) is 11.3 Å². The molecule has 6 nitrogen and oxygen atoms in total. The molecule has 0 bridgehead atoms. The first-order valence-electron chi connectivity index (χ1n) is 6.64. The summed E-state index contributed by atoms with van der Waals surface area (Å²) in [5.41, 5.74) is 1.59. The topological polar surface area (TPSA) is 79.4 Å². The van der Waals surface area contributed by atoms with Gasteiger partial charge in [-0.3, -0.25) is 19.3 Å². The van der Waals surface area contributed by atoms with Gasteiger partial charge in [0.2, 0.25) is 17.7 Å². The summed E-state index contributed by atoms with van der Waals surface area (Å²) in [7, 11) is 0.